The minimum absolute atomic E-state index is 0.0161. The van der Waals surface area contributed by atoms with Crippen molar-refractivity contribution in [2.75, 3.05) is 31.6 Å². The molecule has 3 heterocycles. The monoisotopic (exact) mass is 500 g/mol. The molecule has 1 aromatic heterocycles. The van der Waals surface area contributed by atoms with Crippen molar-refractivity contribution in [1.29, 1.82) is 5.41 Å². The number of fused-ring (bicyclic) bond motifs is 1. The summed E-state index contributed by atoms with van der Waals surface area (Å²) in [5.41, 5.74) is 9.65. The Kier molecular flexibility index (Phi) is 6.23. The van der Waals surface area contributed by atoms with Gasteiger partial charge in [0, 0.05) is 67.6 Å². The van der Waals surface area contributed by atoms with Crippen molar-refractivity contribution in [2.45, 2.75) is 26.2 Å². The fraction of sp³-hybridized carbons (Fsp3) is 0.357. The molecule has 0 atom stereocenters. The number of hydrogen-bond donors (Lipinski definition) is 2. The van der Waals surface area contributed by atoms with Gasteiger partial charge in [-0.05, 0) is 56.5 Å². The fourth-order valence-electron chi connectivity index (χ4n) is 5.61. The molecule has 9 heteroatoms. The number of likely N-dealkylation sites (tertiary alicyclic amines) is 1. The van der Waals surface area contributed by atoms with E-state index in [1.54, 1.807) is 7.11 Å². The van der Waals surface area contributed by atoms with Crippen LogP contribution in [-0.4, -0.2) is 59.2 Å². The van der Waals surface area contributed by atoms with Crippen LogP contribution in [0.25, 0.3) is 16.6 Å². The number of nitrogens with zero attached hydrogens (tertiary/aromatic N) is 4. The van der Waals surface area contributed by atoms with E-state index in [1.165, 1.54) is 12.4 Å². The fourth-order valence-corrected chi connectivity index (χ4v) is 5.61. The molecule has 2 amide bonds. The Balaban J connectivity index is 1.30. The number of rotatable bonds is 5. The summed E-state index contributed by atoms with van der Waals surface area (Å²) in [5.74, 6) is 1.55. The first-order valence-corrected chi connectivity index (χ1v) is 12.5. The van der Waals surface area contributed by atoms with Gasteiger partial charge in [-0.25, -0.2) is 4.98 Å². The van der Waals surface area contributed by atoms with E-state index in [-0.39, 0.29) is 11.8 Å². The Bertz CT molecular complexity index is 1430. The Morgan fingerprint density at radius 2 is 1.86 bits per heavy atom. The van der Waals surface area contributed by atoms with Crippen LogP contribution in [0.3, 0.4) is 0 Å². The molecule has 0 radical (unpaired) electrons. The number of aryl methyl sites for hydroxylation is 2. The Hall–Kier alpha value is -4.14. The van der Waals surface area contributed by atoms with E-state index >= 15 is 0 Å². The molecule has 0 bridgehead atoms. The van der Waals surface area contributed by atoms with E-state index in [9.17, 15) is 9.59 Å². The van der Waals surface area contributed by atoms with Crippen LogP contribution in [0.15, 0.2) is 42.6 Å². The lowest BCUT2D eigenvalue weighted by Gasteiger charge is -2.38. The molecule has 37 heavy (non-hydrogen) atoms. The number of amides is 2. The summed E-state index contributed by atoms with van der Waals surface area (Å²) in [6, 6.07) is 11.2. The van der Waals surface area contributed by atoms with E-state index in [0.29, 0.717) is 54.9 Å². The van der Waals surface area contributed by atoms with Gasteiger partial charge >= 0.3 is 0 Å². The van der Waals surface area contributed by atoms with Crippen molar-refractivity contribution in [2.24, 2.45) is 18.2 Å². The Morgan fingerprint density at radius 3 is 2.54 bits per heavy atom. The summed E-state index contributed by atoms with van der Waals surface area (Å²) in [5, 5.41) is 7.57. The van der Waals surface area contributed by atoms with Gasteiger partial charge in [0.2, 0.25) is 5.91 Å². The first kappa shape index (κ1) is 24.5. The highest BCUT2D eigenvalue weighted by molar-refractivity contribution is 6.09. The Morgan fingerprint density at radius 1 is 1.14 bits per heavy atom. The molecule has 2 aliphatic heterocycles. The minimum Gasteiger partial charge on any atom is -0.496 e. The number of nitrogens with one attached hydrogen (secondary N) is 1. The lowest BCUT2D eigenvalue weighted by molar-refractivity contribution is -0.127. The zero-order valence-electron chi connectivity index (χ0n) is 21.5. The first-order chi connectivity index (χ1) is 17.8. The maximum atomic E-state index is 13.6. The highest BCUT2D eigenvalue weighted by Gasteiger charge is 2.49. The number of carbonyl (C=O) groups excluding carboxylic acids is 2. The summed E-state index contributed by atoms with van der Waals surface area (Å²) in [4.78, 5) is 35.1. The maximum Gasteiger partial charge on any atom is 0.253 e. The molecule has 0 aliphatic carbocycles. The van der Waals surface area contributed by atoms with Crippen LogP contribution >= 0.6 is 0 Å². The normalized spacial score (nSPS) is 17.6. The van der Waals surface area contributed by atoms with Crippen LogP contribution in [0.1, 0.15) is 41.0 Å². The van der Waals surface area contributed by atoms with E-state index in [2.05, 4.69) is 4.98 Å². The number of piperidine rings is 1. The molecule has 5 rings (SSSR count). The summed E-state index contributed by atoms with van der Waals surface area (Å²) in [6.07, 6.45) is 4.58. The predicted molar refractivity (Wildman–Crippen MR) is 144 cm³/mol. The van der Waals surface area contributed by atoms with Crippen molar-refractivity contribution in [3.63, 3.8) is 0 Å². The molecule has 2 saturated heterocycles. The van der Waals surface area contributed by atoms with E-state index in [0.717, 1.165) is 29.0 Å². The smallest absolute Gasteiger partial charge is 0.253 e. The third-order valence-electron chi connectivity index (χ3n) is 8.01. The topological polar surface area (TPSA) is 118 Å². The maximum absolute atomic E-state index is 13.6. The SMILES string of the molecule is COc1cc(N2CCC3(CCN(C(=O)c4ccc5c(c4)nc(C)n5C)CC3)C2=O)ccc1/C(C=N)=C/N. The number of carbonyl (C=O) groups is 2. The van der Waals surface area contributed by atoms with E-state index in [4.69, 9.17) is 15.9 Å². The van der Waals surface area contributed by atoms with Crippen molar-refractivity contribution in [1.82, 2.24) is 14.5 Å². The predicted octanol–water partition coefficient (Wildman–Crippen LogP) is 3.50. The number of hydrogen-bond acceptors (Lipinski definition) is 6. The quantitative estimate of drug-likeness (QED) is 0.520. The largest absolute Gasteiger partial charge is 0.496 e. The molecular formula is C28H32N6O3. The van der Waals surface area contributed by atoms with Crippen molar-refractivity contribution < 1.29 is 14.3 Å². The van der Waals surface area contributed by atoms with Crippen LogP contribution in [0.5, 0.6) is 5.75 Å². The zero-order chi connectivity index (χ0) is 26.3. The van der Waals surface area contributed by atoms with Crippen LogP contribution in [0.2, 0.25) is 0 Å². The second-order valence-corrected chi connectivity index (χ2v) is 9.85. The van der Waals surface area contributed by atoms with Gasteiger partial charge in [0.25, 0.3) is 5.91 Å². The number of anilines is 1. The number of benzene rings is 2. The molecule has 192 valence electrons. The second kappa shape index (κ2) is 9.38. The number of ether oxygens (including phenoxy) is 1. The molecule has 3 N–H and O–H groups in total. The number of allylic oxidation sites excluding steroid dienone is 1. The Labute approximate surface area is 216 Å². The lowest BCUT2D eigenvalue weighted by atomic mass is 9.77. The molecule has 2 aromatic carbocycles. The van der Waals surface area contributed by atoms with Crippen LogP contribution < -0.4 is 15.4 Å². The molecule has 9 nitrogen and oxygen atoms in total. The summed E-state index contributed by atoms with van der Waals surface area (Å²) >= 11 is 0. The van der Waals surface area contributed by atoms with Gasteiger partial charge < -0.3 is 30.2 Å². The third-order valence-corrected chi connectivity index (χ3v) is 8.01. The number of aromatic nitrogens is 2. The molecule has 2 fully saturated rings. The second-order valence-electron chi connectivity index (χ2n) is 9.85. The average molecular weight is 501 g/mol. The van der Waals surface area contributed by atoms with Crippen molar-refractivity contribution in [3.8, 4) is 5.75 Å². The lowest BCUT2D eigenvalue weighted by Crippen LogP contribution is -2.46. The van der Waals surface area contributed by atoms with Crippen LogP contribution in [0, 0.1) is 17.7 Å². The van der Waals surface area contributed by atoms with Gasteiger partial charge in [0.15, 0.2) is 0 Å². The molecule has 1 spiro atoms. The van der Waals surface area contributed by atoms with E-state index in [1.807, 2.05) is 64.7 Å². The highest BCUT2D eigenvalue weighted by Crippen LogP contribution is 2.44. The standard InChI is InChI=1S/C28H32N6O3/c1-18-31-23-14-19(4-7-24(23)32(18)2)26(35)33-11-8-28(9-12-33)10-13-34(27(28)36)21-5-6-22(20(16-29)17-30)25(15-21)37-3/h4-7,14-17,29H,8-13,30H2,1-3H3/b20-17+,29-16?. The van der Waals surface area contributed by atoms with Crippen LogP contribution in [0.4, 0.5) is 5.69 Å². The summed E-state index contributed by atoms with van der Waals surface area (Å²) < 4.78 is 7.54. The van der Waals surface area contributed by atoms with Crippen molar-refractivity contribution >= 4 is 40.3 Å². The van der Waals surface area contributed by atoms with E-state index < -0.39 is 5.41 Å². The number of imidazole rings is 1. The van der Waals surface area contributed by atoms with Crippen molar-refractivity contribution in [3.05, 3.63) is 59.5 Å². The molecule has 0 unspecified atom stereocenters. The third kappa shape index (κ3) is 4.04. The summed E-state index contributed by atoms with van der Waals surface area (Å²) in [6.45, 7) is 3.66. The number of methoxy groups -OCH3 is 1. The average Bonchev–Trinajstić information content (AvgIpc) is 3.39. The summed E-state index contributed by atoms with van der Waals surface area (Å²) in [7, 11) is 3.53. The van der Waals surface area contributed by atoms with Gasteiger partial charge in [-0.3, -0.25) is 9.59 Å². The first-order valence-electron chi connectivity index (χ1n) is 12.5. The molecule has 3 aromatic rings. The van der Waals surface area contributed by atoms with Gasteiger partial charge in [0.05, 0.1) is 23.6 Å². The zero-order valence-corrected chi connectivity index (χ0v) is 21.5. The number of nitrogens with two attached hydrogens (primary N) is 1. The molecular weight excluding hydrogens is 468 g/mol. The molecule has 2 aliphatic rings. The van der Waals surface area contributed by atoms with Gasteiger partial charge in [-0.15, -0.1) is 0 Å². The highest BCUT2D eigenvalue weighted by atomic mass is 16.5. The molecule has 0 saturated carbocycles. The van der Waals surface area contributed by atoms with Gasteiger partial charge in [0.1, 0.15) is 11.6 Å². The minimum atomic E-state index is -0.456. The van der Waals surface area contributed by atoms with Crippen LogP contribution in [-0.2, 0) is 11.8 Å². The van der Waals surface area contributed by atoms with Gasteiger partial charge in [-0.1, -0.05) is 0 Å². The van der Waals surface area contributed by atoms with Gasteiger partial charge in [-0.2, -0.15) is 0 Å².